The van der Waals surface area contributed by atoms with Gasteiger partial charge in [0.05, 0.1) is 11.4 Å². The molecular formula is C18H16BrNO3. The second-order valence-electron chi connectivity index (χ2n) is 4.81. The number of rotatable bonds is 7. The molecule has 23 heavy (non-hydrogen) atoms. The average molecular weight is 374 g/mol. The summed E-state index contributed by atoms with van der Waals surface area (Å²) < 4.78 is 10.5. The maximum Gasteiger partial charge on any atom is 0.350 e. The van der Waals surface area contributed by atoms with Gasteiger partial charge in [-0.25, -0.2) is 4.79 Å². The van der Waals surface area contributed by atoms with Crippen LogP contribution < -0.4 is 0 Å². The SMILES string of the molecule is N#CC(OCC(Br)c1ccccc1)C(=O)OCc1ccccc1. The first-order valence-corrected chi connectivity index (χ1v) is 8.03. The Labute approximate surface area is 143 Å². The third-order valence-corrected chi connectivity index (χ3v) is 3.92. The van der Waals surface area contributed by atoms with Crippen LogP contribution in [0.3, 0.4) is 0 Å². The van der Waals surface area contributed by atoms with Gasteiger partial charge < -0.3 is 9.47 Å². The summed E-state index contributed by atoms with van der Waals surface area (Å²) in [5, 5.41) is 9.09. The summed E-state index contributed by atoms with van der Waals surface area (Å²) in [6.07, 6.45) is -1.23. The highest BCUT2D eigenvalue weighted by atomic mass is 79.9. The van der Waals surface area contributed by atoms with E-state index in [1.807, 2.05) is 66.7 Å². The van der Waals surface area contributed by atoms with Gasteiger partial charge in [0.25, 0.3) is 0 Å². The Balaban J connectivity index is 1.82. The molecule has 0 aromatic heterocycles. The Morgan fingerprint density at radius 3 is 2.30 bits per heavy atom. The van der Waals surface area contributed by atoms with Crippen LogP contribution in [0.5, 0.6) is 0 Å². The Bertz CT molecular complexity index is 655. The van der Waals surface area contributed by atoms with Gasteiger partial charge >= 0.3 is 5.97 Å². The number of carbonyl (C=O) groups excluding carboxylic acids is 1. The molecule has 0 amide bonds. The van der Waals surface area contributed by atoms with Crippen molar-refractivity contribution in [2.75, 3.05) is 6.61 Å². The van der Waals surface area contributed by atoms with Crippen LogP contribution in [0.15, 0.2) is 60.7 Å². The van der Waals surface area contributed by atoms with Crippen molar-refractivity contribution in [1.29, 1.82) is 5.26 Å². The van der Waals surface area contributed by atoms with Crippen molar-refractivity contribution < 1.29 is 14.3 Å². The molecule has 0 heterocycles. The molecular weight excluding hydrogens is 358 g/mol. The lowest BCUT2D eigenvalue weighted by Crippen LogP contribution is -2.26. The molecule has 2 unspecified atom stereocenters. The molecule has 0 aliphatic heterocycles. The lowest BCUT2D eigenvalue weighted by molar-refractivity contribution is -0.154. The van der Waals surface area contributed by atoms with Gasteiger partial charge in [-0.3, -0.25) is 0 Å². The van der Waals surface area contributed by atoms with Crippen LogP contribution in [-0.2, 0) is 20.9 Å². The third kappa shape index (κ3) is 5.51. The minimum absolute atomic E-state index is 0.0959. The topological polar surface area (TPSA) is 59.3 Å². The van der Waals surface area contributed by atoms with Gasteiger partial charge in [-0.2, -0.15) is 5.26 Å². The van der Waals surface area contributed by atoms with E-state index in [-0.39, 0.29) is 18.0 Å². The highest BCUT2D eigenvalue weighted by Crippen LogP contribution is 2.23. The largest absolute Gasteiger partial charge is 0.458 e. The van der Waals surface area contributed by atoms with Crippen molar-refractivity contribution in [1.82, 2.24) is 0 Å². The second-order valence-corrected chi connectivity index (χ2v) is 5.92. The van der Waals surface area contributed by atoms with Gasteiger partial charge in [0.2, 0.25) is 6.10 Å². The predicted octanol–water partition coefficient (Wildman–Crippen LogP) is 3.77. The van der Waals surface area contributed by atoms with Crippen LogP contribution in [0, 0.1) is 11.3 Å². The Morgan fingerprint density at radius 2 is 1.70 bits per heavy atom. The highest BCUT2D eigenvalue weighted by molar-refractivity contribution is 9.09. The molecule has 0 saturated carbocycles. The molecule has 0 aliphatic carbocycles. The smallest absolute Gasteiger partial charge is 0.350 e. The summed E-state index contributed by atoms with van der Waals surface area (Å²) in [6.45, 7) is 0.320. The number of hydrogen-bond acceptors (Lipinski definition) is 4. The molecule has 0 bridgehead atoms. The fourth-order valence-corrected chi connectivity index (χ4v) is 2.36. The van der Waals surface area contributed by atoms with Crippen LogP contribution >= 0.6 is 15.9 Å². The summed E-state index contributed by atoms with van der Waals surface area (Å²) in [5.41, 5.74) is 1.88. The fraction of sp³-hybridized carbons (Fsp3) is 0.222. The van der Waals surface area contributed by atoms with E-state index in [2.05, 4.69) is 15.9 Å². The molecule has 0 aliphatic rings. The third-order valence-electron chi connectivity index (χ3n) is 3.13. The predicted molar refractivity (Wildman–Crippen MR) is 89.7 cm³/mol. The Morgan fingerprint density at radius 1 is 1.09 bits per heavy atom. The van der Waals surface area contributed by atoms with Gasteiger partial charge in [-0.15, -0.1) is 0 Å². The number of carbonyl (C=O) groups is 1. The van der Waals surface area contributed by atoms with E-state index in [0.29, 0.717) is 0 Å². The molecule has 2 aromatic carbocycles. The standard InChI is InChI=1S/C18H16BrNO3/c19-16(15-9-5-2-6-10-15)13-22-17(11-20)18(21)23-12-14-7-3-1-4-8-14/h1-10,16-17H,12-13H2. The number of esters is 1. The summed E-state index contributed by atoms with van der Waals surface area (Å²) in [7, 11) is 0. The maximum absolute atomic E-state index is 11.9. The zero-order valence-corrected chi connectivity index (χ0v) is 14.0. The Hall–Kier alpha value is -2.16. The monoisotopic (exact) mass is 373 g/mol. The molecule has 0 N–H and O–H groups in total. The average Bonchev–Trinajstić information content (AvgIpc) is 2.62. The first kappa shape index (κ1) is 17.2. The second kappa shape index (κ2) is 9.09. The van der Waals surface area contributed by atoms with E-state index >= 15 is 0 Å². The number of hydrogen-bond donors (Lipinski definition) is 0. The fourth-order valence-electron chi connectivity index (χ4n) is 1.90. The molecule has 2 aromatic rings. The number of benzene rings is 2. The Kier molecular flexibility index (Phi) is 6.79. The van der Waals surface area contributed by atoms with Crippen LogP contribution in [0.1, 0.15) is 16.0 Å². The summed E-state index contributed by atoms with van der Waals surface area (Å²) in [4.78, 5) is 11.8. The van der Waals surface area contributed by atoms with Gasteiger partial charge in [0, 0.05) is 0 Å². The molecule has 0 spiro atoms. The quantitative estimate of drug-likeness (QED) is 0.547. The van der Waals surface area contributed by atoms with Crippen LogP contribution in [0.4, 0.5) is 0 Å². The van der Waals surface area contributed by atoms with E-state index in [1.165, 1.54) is 0 Å². The number of alkyl halides is 1. The van der Waals surface area contributed by atoms with Crippen molar-refractivity contribution in [3.63, 3.8) is 0 Å². The lowest BCUT2D eigenvalue weighted by Gasteiger charge is -2.14. The molecule has 2 atom stereocenters. The summed E-state index contributed by atoms with van der Waals surface area (Å²) in [6, 6.07) is 20.8. The normalized spacial score (nSPS) is 12.9. The van der Waals surface area contributed by atoms with Gasteiger partial charge in [0.1, 0.15) is 12.7 Å². The molecule has 0 radical (unpaired) electrons. The maximum atomic E-state index is 11.9. The molecule has 2 rings (SSSR count). The highest BCUT2D eigenvalue weighted by Gasteiger charge is 2.22. The van der Waals surface area contributed by atoms with E-state index in [1.54, 1.807) is 0 Å². The molecule has 0 saturated heterocycles. The van der Waals surface area contributed by atoms with Crippen molar-refractivity contribution >= 4 is 21.9 Å². The number of nitriles is 1. The van der Waals surface area contributed by atoms with E-state index in [9.17, 15) is 4.79 Å². The molecule has 118 valence electrons. The van der Waals surface area contributed by atoms with Gasteiger partial charge in [0.15, 0.2) is 0 Å². The minimum atomic E-state index is -1.23. The van der Waals surface area contributed by atoms with Crippen LogP contribution in [-0.4, -0.2) is 18.7 Å². The number of nitrogens with zero attached hydrogens (tertiary/aromatic N) is 1. The zero-order valence-electron chi connectivity index (χ0n) is 12.4. The van der Waals surface area contributed by atoms with Gasteiger partial charge in [-0.05, 0) is 11.1 Å². The van der Waals surface area contributed by atoms with Crippen molar-refractivity contribution in [2.45, 2.75) is 17.5 Å². The first-order chi connectivity index (χ1) is 11.2. The summed E-state index contributed by atoms with van der Waals surface area (Å²) in [5.74, 6) is -0.677. The molecule has 0 fully saturated rings. The number of ether oxygens (including phenoxy) is 2. The lowest BCUT2D eigenvalue weighted by atomic mass is 10.2. The van der Waals surface area contributed by atoms with Gasteiger partial charge in [-0.1, -0.05) is 76.6 Å². The van der Waals surface area contributed by atoms with E-state index in [4.69, 9.17) is 14.7 Å². The zero-order chi connectivity index (χ0) is 16.5. The van der Waals surface area contributed by atoms with Crippen LogP contribution in [0.2, 0.25) is 0 Å². The van der Waals surface area contributed by atoms with E-state index < -0.39 is 12.1 Å². The summed E-state index contributed by atoms with van der Waals surface area (Å²) >= 11 is 3.48. The van der Waals surface area contributed by atoms with E-state index in [0.717, 1.165) is 11.1 Å². The minimum Gasteiger partial charge on any atom is -0.458 e. The van der Waals surface area contributed by atoms with Crippen molar-refractivity contribution in [3.05, 3.63) is 71.8 Å². The first-order valence-electron chi connectivity index (χ1n) is 7.11. The number of halogens is 1. The van der Waals surface area contributed by atoms with Crippen LogP contribution in [0.25, 0.3) is 0 Å². The molecule has 5 heteroatoms. The molecule has 4 nitrogen and oxygen atoms in total. The van der Waals surface area contributed by atoms with Crippen molar-refractivity contribution in [2.24, 2.45) is 0 Å². The van der Waals surface area contributed by atoms with Crippen molar-refractivity contribution in [3.8, 4) is 6.07 Å².